The minimum absolute atomic E-state index is 0.431. The van der Waals surface area contributed by atoms with E-state index in [1.54, 1.807) is 30.4 Å². The molecule has 11 aromatic rings. The Morgan fingerprint density at radius 1 is 0.243 bits per heavy atom. The van der Waals surface area contributed by atoms with Gasteiger partial charge in [0.2, 0.25) is 0 Å². The molecule has 0 atom stereocenters. The Morgan fingerprint density at radius 2 is 0.400 bits per heavy atom. The number of hydrogen-bond acceptors (Lipinski definition) is 5. The Kier molecular flexibility index (Phi) is 11.7. The minimum Gasteiger partial charge on any atom is -0.490 e. The molecule has 0 N–H and O–H groups in total. The molecule has 0 saturated heterocycles. The van der Waals surface area contributed by atoms with E-state index in [1.165, 1.54) is 53.9 Å². The second-order valence-corrected chi connectivity index (χ2v) is 17.4. The standard InChI is InChI=1S/C65H50O5/c1-6-31-66-46-21-11-41(12-22-46)51-36-57-53(43-15-25-48(26-16-43)68-33-8-3)38-59-55(45-19-29-50(30-20-45)70-35-10-5)40-60-54(44-17-27-49(28-18-44)69-34-9-4)39-58-52(42-13-23-47(24-14-42)67-32-7-2)37-56(51)61-62(57)64(59)65(60)63(58)61/h6-30,36-40H,1-5,31-35H2. The molecular formula is C65H50O5. The van der Waals surface area contributed by atoms with Crippen molar-refractivity contribution in [2.24, 2.45) is 0 Å². The van der Waals surface area contributed by atoms with Crippen molar-refractivity contribution in [3.05, 3.63) is 215 Å². The van der Waals surface area contributed by atoms with E-state index in [0.717, 1.165) is 84.4 Å². The third kappa shape index (κ3) is 7.72. The Balaban J connectivity index is 1.29. The minimum atomic E-state index is 0.431. The van der Waals surface area contributed by atoms with Crippen LogP contribution in [0, 0.1) is 0 Å². The van der Waals surface area contributed by atoms with Crippen molar-refractivity contribution in [1.82, 2.24) is 0 Å². The summed E-state index contributed by atoms with van der Waals surface area (Å²) in [7, 11) is 0. The normalized spacial score (nSPS) is 11.4. The van der Waals surface area contributed by atoms with E-state index in [2.05, 4.69) is 185 Å². The number of rotatable bonds is 20. The Bertz CT molecular complexity index is 3100. The van der Waals surface area contributed by atoms with Gasteiger partial charge in [0.25, 0.3) is 0 Å². The second-order valence-electron chi connectivity index (χ2n) is 17.4. The lowest BCUT2D eigenvalue weighted by Crippen LogP contribution is -1.94. The van der Waals surface area contributed by atoms with E-state index in [9.17, 15) is 0 Å². The fourth-order valence-electron chi connectivity index (χ4n) is 10.1. The summed E-state index contributed by atoms with van der Waals surface area (Å²) >= 11 is 0. The van der Waals surface area contributed by atoms with Crippen molar-refractivity contribution in [3.8, 4) is 84.4 Å². The summed E-state index contributed by atoms with van der Waals surface area (Å²) < 4.78 is 29.9. The zero-order valence-corrected chi connectivity index (χ0v) is 38.9. The molecule has 0 spiro atoms. The van der Waals surface area contributed by atoms with Crippen LogP contribution in [0.15, 0.2) is 215 Å². The van der Waals surface area contributed by atoms with Crippen LogP contribution in [-0.4, -0.2) is 33.0 Å². The highest BCUT2D eigenvalue weighted by Gasteiger charge is 2.29. The van der Waals surface area contributed by atoms with Gasteiger partial charge in [-0.2, -0.15) is 0 Å². The van der Waals surface area contributed by atoms with Crippen LogP contribution in [0.25, 0.3) is 109 Å². The van der Waals surface area contributed by atoms with Gasteiger partial charge in [0.1, 0.15) is 61.8 Å². The molecule has 11 aromatic carbocycles. The van der Waals surface area contributed by atoms with Gasteiger partial charge < -0.3 is 23.7 Å². The summed E-state index contributed by atoms with van der Waals surface area (Å²) in [6.45, 7) is 21.4. The fraction of sp³-hybridized carbons (Fsp3) is 0.0769. The Hall–Kier alpha value is -8.80. The molecule has 0 aliphatic carbocycles. The zero-order chi connectivity index (χ0) is 47.7. The Morgan fingerprint density at radius 3 is 0.543 bits per heavy atom. The van der Waals surface area contributed by atoms with Crippen molar-refractivity contribution in [3.63, 3.8) is 0 Å². The predicted molar refractivity (Wildman–Crippen MR) is 293 cm³/mol. The highest BCUT2D eigenvalue weighted by Crippen LogP contribution is 2.57. The lowest BCUT2D eigenvalue weighted by Gasteiger charge is -2.18. The van der Waals surface area contributed by atoms with Crippen molar-refractivity contribution >= 4 is 53.9 Å². The van der Waals surface area contributed by atoms with Gasteiger partial charge in [0, 0.05) is 0 Å². The van der Waals surface area contributed by atoms with Crippen LogP contribution in [0.2, 0.25) is 0 Å². The average Bonchev–Trinajstić information content (AvgIpc) is 3.78. The average molecular weight is 911 g/mol. The number of benzene rings is 10. The predicted octanol–water partition coefficient (Wildman–Crippen LogP) is 16.9. The number of hydrogen-bond donors (Lipinski definition) is 0. The van der Waals surface area contributed by atoms with Gasteiger partial charge in [-0.1, -0.05) is 124 Å². The first kappa shape index (κ1) is 43.8. The molecule has 0 aliphatic rings. The molecule has 0 aliphatic heterocycles. The fourth-order valence-corrected chi connectivity index (χ4v) is 10.1. The van der Waals surface area contributed by atoms with Gasteiger partial charge in [-0.05, 0) is 200 Å². The maximum atomic E-state index is 5.99. The molecule has 0 bridgehead atoms. The maximum absolute atomic E-state index is 5.99. The molecule has 70 heavy (non-hydrogen) atoms. The third-order valence-corrected chi connectivity index (χ3v) is 13.2. The largest absolute Gasteiger partial charge is 0.490 e. The smallest absolute Gasteiger partial charge is 0.119 e. The quantitative estimate of drug-likeness (QED) is 0.0563. The van der Waals surface area contributed by atoms with Crippen LogP contribution < -0.4 is 23.7 Å². The third-order valence-electron chi connectivity index (χ3n) is 13.2. The molecule has 0 saturated carbocycles. The van der Waals surface area contributed by atoms with Crippen molar-refractivity contribution in [2.75, 3.05) is 33.0 Å². The summed E-state index contributed by atoms with van der Waals surface area (Å²) in [6, 6.07) is 54.3. The molecule has 0 heterocycles. The maximum Gasteiger partial charge on any atom is 0.119 e. The monoisotopic (exact) mass is 910 g/mol. The van der Waals surface area contributed by atoms with Gasteiger partial charge in [0.05, 0.1) is 0 Å². The molecule has 5 nitrogen and oxygen atoms in total. The summed E-state index contributed by atoms with van der Waals surface area (Å²) in [5, 5.41) is 12.1. The molecule has 0 aromatic heterocycles. The van der Waals surface area contributed by atoms with Crippen LogP contribution >= 0.6 is 0 Å². The first-order chi connectivity index (χ1) is 34.5. The van der Waals surface area contributed by atoms with Gasteiger partial charge in [-0.15, -0.1) is 0 Å². The molecule has 0 amide bonds. The van der Waals surface area contributed by atoms with E-state index >= 15 is 0 Å². The van der Waals surface area contributed by atoms with Gasteiger partial charge in [-0.3, -0.25) is 0 Å². The summed E-state index contributed by atoms with van der Waals surface area (Å²) in [4.78, 5) is 0. The molecule has 0 unspecified atom stereocenters. The van der Waals surface area contributed by atoms with E-state index in [0.29, 0.717) is 33.0 Å². The lowest BCUT2D eigenvalue weighted by molar-refractivity contribution is 0.363. The Labute approximate surface area is 408 Å². The van der Waals surface area contributed by atoms with Crippen LogP contribution in [0.5, 0.6) is 28.7 Å². The molecule has 0 radical (unpaired) electrons. The van der Waals surface area contributed by atoms with Crippen molar-refractivity contribution in [1.29, 1.82) is 0 Å². The highest BCUT2D eigenvalue weighted by molar-refractivity contribution is 6.49. The molecule has 340 valence electrons. The van der Waals surface area contributed by atoms with E-state index < -0.39 is 0 Å². The highest BCUT2D eigenvalue weighted by atomic mass is 16.5. The number of ether oxygens (including phenoxy) is 5. The van der Waals surface area contributed by atoms with Gasteiger partial charge >= 0.3 is 0 Å². The van der Waals surface area contributed by atoms with Crippen LogP contribution in [0.1, 0.15) is 0 Å². The summed E-state index contributed by atoms with van der Waals surface area (Å²) in [5.74, 6) is 3.95. The second kappa shape index (κ2) is 18.7. The molecule has 0 fully saturated rings. The van der Waals surface area contributed by atoms with Crippen molar-refractivity contribution < 1.29 is 23.7 Å². The molecule has 11 rings (SSSR count). The molecular weight excluding hydrogens is 861 g/mol. The van der Waals surface area contributed by atoms with Gasteiger partial charge in [-0.25, -0.2) is 0 Å². The van der Waals surface area contributed by atoms with Crippen molar-refractivity contribution in [2.45, 2.75) is 0 Å². The first-order valence-corrected chi connectivity index (χ1v) is 23.5. The SMILES string of the molecule is C=CCOc1ccc(-c2cc3c(-c4ccc(OCC=C)cc4)cc4c(-c5ccc(OCC=C)cc5)cc5c(-c6ccc(OCC=C)cc6)cc6c(-c7ccc(OCC=C)cc7)cc2c2c6c5c4c32)cc1. The van der Waals surface area contributed by atoms with E-state index in [4.69, 9.17) is 23.7 Å². The lowest BCUT2D eigenvalue weighted by atomic mass is 9.86. The molecule has 5 heteroatoms. The van der Waals surface area contributed by atoms with E-state index in [-0.39, 0.29) is 0 Å². The van der Waals surface area contributed by atoms with Crippen LogP contribution in [-0.2, 0) is 0 Å². The van der Waals surface area contributed by atoms with Gasteiger partial charge in [0.15, 0.2) is 0 Å². The zero-order valence-electron chi connectivity index (χ0n) is 38.9. The first-order valence-electron chi connectivity index (χ1n) is 23.5. The topological polar surface area (TPSA) is 46.2 Å². The summed E-state index contributed by atoms with van der Waals surface area (Å²) in [6.07, 6.45) is 8.83. The summed E-state index contributed by atoms with van der Waals surface area (Å²) in [5.41, 5.74) is 11.1. The van der Waals surface area contributed by atoms with E-state index in [1.807, 2.05) is 0 Å². The van der Waals surface area contributed by atoms with Crippen LogP contribution in [0.4, 0.5) is 0 Å². The van der Waals surface area contributed by atoms with Crippen LogP contribution in [0.3, 0.4) is 0 Å².